The van der Waals surface area contributed by atoms with E-state index >= 15 is 0 Å². The first-order chi connectivity index (χ1) is 4.45. The van der Waals surface area contributed by atoms with Gasteiger partial charge in [-0.2, -0.15) is 4.90 Å². The van der Waals surface area contributed by atoms with E-state index in [4.69, 9.17) is 0 Å². The monoisotopic (exact) mass is 125 g/mol. The molecular formula is C8H15N+. The number of hydrogen-bond donors (Lipinski definition) is 0. The maximum absolute atomic E-state index is 2.61. The fourth-order valence-electron chi connectivity index (χ4n) is 2.10. The third kappa shape index (κ3) is 1.11. The molecule has 0 aromatic carbocycles. The molecule has 0 spiro atoms. The van der Waals surface area contributed by atoms with Gasteiger partial charge in [0.15, 0.2) is 0 Å². The molecule has 1 heteroatoms. The van der Waals surface area contributed by atoms with Crippen molar-refractivity contribution < 1.29 is 0 Å². The molecule has 9 heavy (non-hydrogen) atoms. The molecule has 3 heterocycles. The molecule has 0 aromatic heterocycles. The van der Waals surface area contributed by atoms with Crippen molar-refractivity contribution in [3.63, 3.8) is 0 Å². The Balaban J connectivity index is 2.03. The lowest BCUT2D eigenvalue weighted by atomic mass is 9.96. The lowest BCUT2D eigenvalue weighted by Crippen LogP contribution is -2.35. The average Bonchev–Trinajstić information content (AvgIpc) is 2.21. The van der Waals surface area contributed by atoms with E-state index in [0.29, 0.717) is 0 Å². The number of fused-ring (bicyclic) bond motifs is 4. The highest BCUT2D eigenvalue weighted by Gasteiger charge is 2.29. The van der Waals surface area contributed by atoms with Crippen LogP contribution in [-0.4, -0.2) is 19.6 Å². The molecule has 0 N–H and O–H groups in total. The van der Waals surface area contributed by atoms with Crippen molar-refractivity contribution in [3.05, 3.63) is 0 Å². The van der Waals surface area contributed by atoms with E-state index in [1.165, 1.54) is 45.3 Å². The predicted molar refractivity (Wildman–Crippen MR) is 38.7 cm³/mol. The summed E-state index contributed by atoms with van der Waals surface area (Å²) in [7, 11) is 0. The van der Waals surface area contributed by atoms with E-state index in [9.17, 15) is 0 Å². The summed E-state index contributed by atoms with van der Waals surface area (Å²) in [6.07, 6.45) is 5.95. The fraction of sp³-hybridized carbons (Fsp3) is 1.00. The minimum atomic E-state index is 1.10. The lowest BCUT2D eigenvalue weighted by Gasteiger charge is -2.17. The lowest BCUT2D eigenvalue weighted by molar-refractivity contribution is 0.317. The molecule has 1 radical (unpaired) electrons. The summed E-state index contributed by atoms with van der Waals surface area (Å²) >= 11 is 0. The summed E-state index contributed by atoms with van der Waals surface area (Å²) in [6, 6.07) is 0. The molecule has 0 amide bonds. The highest BCUT2D eigenvalue weighted by atomic mass is 15.1. The molecule has 2 bridgehead atoms. The third-order valence-electron chi connectivity index (χ3n) is 2.79. The van der Waals surface area contributed by atoms with E-state index in [2.05, 4.69) is 4.90 Å². The molecule has 51 valence electrons. The van der Waals surface area contributed by atoms with E-state index < -0.39 is 0 Å². The summed E-state index contributed by atoms with van der Waals surface area (Å²) in [5, 5.41) is 0. The Labute approximate surface area is 57.0 Å². The molecule has 0 aliphatic carbocycles. The SMILES string of the molecule is C1CC2CC[N+](C1)CC2. The van der Waals surface area contributed by atoms with Crippen molar-refractivity contribution >= 4 is 0 Å². The molecule has 0 aromatic rings. The normalized spacial score (nSPS) is 42.7. The standard InChI is InChI=1S/C8H15N/c1-2-8-3-6-9(5-1)7-4-8/h8H,1-7H2/q+1. The van der Waals surface area contributed by atoms with Crippen molar-refractivity contribution in [2.24, 2.45) is 5.92 Å². The van der Waals surface area contributed by atoms with Gasteiger partial charge in [-0.15, -0.1) is 0 Å². The zero-order valence-corrected chi connectivity index (χ0v) is 5.97. The fourth-order valence-corrected chi connectivity index (χ4v) is 2.10. The minimum absolute atomic E-state index is 1.10. The van der Waals surface area contributed by atoms with Gasteiger partial charge >= 0.3 is 0 Å². The molecule has 3 rings (SSSR count). The molecular weight excluding hydrogens is 110 g/mol. The van der Waals surface area contributed by atoms with E-state index in [1.807, 2.05) is 0 Å². The smallest absolute Gasteiger partial charge is 0.123 e. The van der Waals surface area contributed by atoms with Crippen LogP contribution in [0.15, 0.2) is 0 Å². The molecule has 3 aliphatic heterocycles. The summed E-state index contributed by atoms with van der Waals surface area (Å²) in [4.78, 5) is 2.61. The summed E-state index contributed by atoms with van der Waals surface area (Å²) in [5.41, 5.74) is 0. The number of piperidine rings is 1. The van der Waals surface area contributed by atoms with Crippen molar-refractivity contribution in [3.8, 4) is 0 Å². The van der Waals surface area contributed by atoms with Gasteiger partial charge in [-0.1, -0.05) is 0 Å². The summed E-state index contributed by atoms with van der Waals surface area (Å²) in [5.74, 6) is 1.10. The molecule has 0 saturated carbocycles. The van der Waals surface area contributed by atoms with Crippen molar-refractivity contribution in [1.29, 1.82) is 0 Å². The van der Waals surface area contributed by atoms with Crippen LogP contribution in [0.3, 0.4) is 0 Å². The molecule has 3 fully saturated rings. The van der Waals surface area contributed by atoms with Crippen LogP contribution in [0.4, 0.5) is 0 Å². The Morgan fingerprint density at radius 2 is 1.67 bits per heavy atom. The van der Waals surface area contributed by atoms with Gasteiger partial charge in [0.05, 0.1) is 0 Å². The summed E-state index contributed by atoms with van der Waals surface area (Å²) in [6.45, 7) is 4.17. The van der Waals surface area contributed by atoms with Gasteiger partial charge in [0.2, 0.25) is 0 Å². The average molecular weight is 125 g/mol. The molecule has 3 aliphatic rings. The Morgan fingerprint density at radius 3 is 2.44 bits per heavy atom. The van der Waals surface area contributed by atoms with Crippen LogP contribution in [-0.2, 0) is 0 Å². The quantitative estimate of drug-likeness (QED) is 0.431. The van der Waals surface area contributed by atoms with Crippen LogP contribution in [0.5, 0.6) is 0 Å². The van der Waals surface area contributed by atoms with Crippen molar-refractivity contribution in [2.45, 2.75) is 25.7 Å². The summed E-state index contributed by atoms with van der Waals surface area (Å²) < 4.78 is 0. The van der Waals surface area contributed by atoms with Crippen LogP contribution >= 0.6 is 0 Å². The first-order valence-corrected chi connectivity index (χ1v) is 4.17. The Morgan fingerprint density at radius 1 is 0.889 bits per heavy atom. The molecule has 1 nitrogen and oxygen atoms in total. The van der Waals surface area contributed by atoms with Gasteiger partial charge in [0, 0.05) is 19.3 Å². The van der Waals surface area contributed by atoms with Crippen LogP contribution in [0.1, 0.15) is 25.7 Å². The Kier molecular flexibility index (Phi) is 1.46. The zero-order chi connectivity index (χ0) is 6.10. The Bertz CT molecular complexity index is 75.2. The molecule has 0 unspecified atom stereocenters. The second kappa shape index (κ2) is 2.30. The van der Waals surface area contributed by atoms with Gasteiger partial charge in [0.1, 0.15) is 19.6 Å². The van der Waals surface area contributed by atoms with Crippen LogP contribution in [0.2, 0.25) is 0 Å². The first-order valence-electron chi connectivity index (χ1n) is 4.17. The molecule has 3 saturated heterocycles. The predicted octanol–water partition coefficient (Wildman–Crippen LogP) is 1.33. The number of nitrogens with zero attached hydrogens (tertiary/aromatic N) is 1. The zero-order valence-electron chi connectivity index (χ0n) is 5.97. The van der Waals surface area contributed by atoms with Gasteiger partial charge < -0.3 is 0 Å². The van der Waals surface area contributed by atoms with Crippen molar-refractivity contribution in [2.75, 3.05) is 19.6 Å². The number of rotatable bonds is 0. The first kappa shape index (κ1) is 5.72. The highest BCUT2D eigenvalue weighted by molar-refractivity contribution is 4.80. The van der Waals surface area contributed by atoms with Gasteiger partial charge in [0.25, 0.3) is 0 Å². The van der Waals surface area contributed by atoms with Crippen LogP contribution in [0, 0.1) is 5.92 Å². The van der Waals surface area contributed by atoms with Gasteiger partial charge in [-0.3, -0.25) is 0 Å². The second-order valence-corrected chi connectivity index (χ2v) is 3.43. The van der Waals surface area contributed by atoms with E-state index in [-0.39, 0.29) is 0 Å². The maximum atomic E-state index is 2.61. The highest BCUT2D eigenvalue weighted by Crippen LogP contribution is 2.24. The van der Waals surface area contributed by atoms with Crippen LogP contribution in [0.25, 0.3) is 0 Å². The maximum Gasteiger partial charge on any atom is 0.123 e. The van der Waals surface area contributed by atoms with Gasteiger partial charge in [-0.25, -0.2) is 0 Å². The van der Waals surface area contributed by atoms with Crippen LogP contribution < -0.4 is 4.90 Å². The van der Waals surface area contributed by atoms with Gasteiger partial charge in [-0.05, 0) is 12.3 Å². The van der Waals surface area contributed by atoms with Crippen molar-refractivity contribution in [1.82, 2.24) is 4.90 Å². The Hall–Kier alpha value is -0.0400. The number of hydrogen-bond acceptors (Lipinski definition) is 1. The molecule has 0 atom stereocenters. The van der Waals surface area contributed by atoms with E-state index in [0.717, 1.165) is 5.92 Å². The van der Waals surface area contributed by atoms with E-state index in [1.54, 1.807) is 0 Å². The third-order valence-corrected chi connectivity index (χ3v) is 2.79. The largest absolute Gasteiger partial charge is 0.170 e. The minimum Gasteiger partial charge on any atom is -0.170 e. The second-order valence-electron chi connectivity index (χ2n) is 3.43. The topological polar surface area (TPSA) is 5.90 Å².